The Morgan fingerprint density at radius 1 is 0.943 bits per heavy atom. The Kier molecular flexibility index (Phi) is 8.57. The lowest BCUT2D eigenvalue weighted by Gasteiger charge is -2.13. The van der Waals surface area contributed by atoms with Gasteiger partial charge in [-0.1, -0.05) is 92.3 Å². The smallest absolute Gasteiger partial charge is 0.234 e. The van der Waals surface area contributed by atoms with E-state index in [4.69, 9.17) is 4.74 Å². The summed E-state index contributed by atoms with van der Waals surface area (Å²) in [6, 6.07) is 27.6. The molecule has 0 bridgehead atoms. The van der Waals surface area contributed by atoms with Gasteiger partial charge < -0.3 is 14.6 Å². The minimum Gasteiger partial charge on any atom is -0.486 e. The molecule has 35 heavy (non-hydrogen) atoms. The van der Waals surface area contributed by atoms with Crippen molar-refractivity contribution < 1.29 is 9.53 Å². The lowest BCUT2D eigenvalue weighted by molar-refractivity contribution is -0.113. The molecule has 1 aromatic heterocycles. The summed E-state index contributed by atoms with van der Waals surface area (Å²) in [6.45, 7) is 5.48. The first-order valence-corrected chi connectivity index (χ1v) is 12.8. The van der Waals surface area contributed by atoms with Crippen molar-refractivity contribution in [3.8, 4) is 16.9 Å². The number of para-hydroxylation sites is 2. The average Bonchev–Trinajstić information content (AvgIpc) is 3.28. The Labute approximate surface area is 210 Å². The third-order valence-corrected chi connectivity index (χ3v) is 6.42. The zero-order valence-corrected chi connectivity index (χ0v) is 20.9. The van der Waals surface area contributed by atoms with Crippen molar-refractivity contribution in [1.82, 2.24) is 14.8 Å². The summed E-state index contributed by atoms with van der Waals surface area (Å²) in [4.78, 5) is 12.9. The summed E-state index contributed by atoms with van der Waals surface area (Å²) in [5.74, 6) is 2.24. The van der Waals surface area contributed by atoms with E-state index in [2.05, 4.69) is 33.9 Å². The molecule has 4 aromatic rings. The number of carbonyl (C=O) groups excluding carboxylic acids is 1. The lowest BCUT2D eigenvalue weighted by atomic mass is 10.0. The molecule has 0 unspecified atom stereocenters. The maximum absolute atomic E-state index is 12.9. The predicted octanol–water partition coefficient (Wildman–Crippen LogP) is 6.30. The van der Waals surface area contributed by atoms with E-state index in [9.17, 15) is 4.79 Å². The fraction of sp³-hybridized carbons (Fsp3) is 0.250. The Morgan fingerprint density at radius 3 is 2.37 bits per heavy atom. The van der Waals surface area contributed by atoms with Crippen molar-refractivity contribution in [2.45, 2.75) is 38.6 Å². The number of hydrogen-bond donors (Lipinski definition) is 1. The Balaban J connectivity index is 1.42. The highest BCUT2D eigenvalue weighted by molar-refractivity contribution is 7.99. The Morgan fingerprint density at radius 2 is 1.63 bits per heavy atom. The number of thioether (sulfide) groups is 1. The first kappa shape index (κ1) is 24.5. The molecule has 3 aromatic carbocycles. The van der Waals surface area contributed by atoms with Crippen LogP contribution in [0.25, 0.3) is 11.1 Å². The number of benzene rings is 3. The van der Waals surface area contributed by atoms with Crippen molar-refractivity contribution in [2.75, 3.05) is 11.1 Å². The van der Waals surface area contributed by atoms with Crippen LogP contribution in [0.2, 0.25) is 0 Å². The second-order valence-corrected chi connectivity index (χ2v) is 9.53. The third kappa shape index (κ3) is 6.96. The number of nitrogens with one attached hydrogen (secondary N) is 1. The van der Waals surface area contributed by atoms with Crippen molar-refractivity contribution >= 4 is 23.4 Å². The second-order valence-electron chi connectivity index (χ2n) is 8.58. The molecular formula is C28H30N4O2S. The summed E-state index contributed by atoms with van der Waals surface area (Å²) in [5, 5.41) is 12.5. The van der Waals surface area contributed by atoms with Crippen molar-refractivity contribution in [2.24, 2.45) is 5.92 Å². The number of ether oxygens (including phenoxy) is 1. The van der Waals surface area contributed by atoms with Crippen molar-refractivity contribution in [3.63, 3.8) is 0 Å². The highest BCUT2D eigenvalue weighted by Gasteiger charge is 2.16. The molecule has 0 saturated heterocycles. The van der Waals surface area contributed by atoms with Crippen molar-refractivity contribution in [1.29, 1.82) is 0 Å². The number of rotatable bonds is 11. The maximum atomic E-state index is 12.9. The van der Waals surface area contributed by atoms with E-state index in [-0.39, 0.29) is 11.7 Å². The Bertz CT molecular complexity index is 1230. The van der Waals surface area contributed by atoms with Crippen LogP contribution in [0, 0.1) is 5.92 Å². The number of nitrogens with zero attached hydrogens (tertiary/aromatic N) is 3. The normalized spacial score (nSPS) is 10.9. The lowest BCUT2D eigenvalue weighted by Crippen LogP contribution is -2.16. The van der Waals surface area contributed by atoms with Crippen LogP contribution in [-0.4, -0.2) is 26.4 Å². The first-order chi connectivity index (χ1) is 17.1. The fourth-order valence-corrected chi connectivity index (χ4v) is 4.37. The van der Waals surface area contributed by atoms with Gasteiger partial charge in [0.1, 0.15) is 12.4 Å². The molecule has 0 spiro atoms. The van der Waals surface area contributed by atoms with Gasteiger partial charge >= 0.3 is 0 Å². The van der Waals surface area contributed by atoms with Crippen molar-refractivity contribution in [3.05, 3.63) is 90.8 Å². The van der Waals surface area contributed by atoms with Crippen LogP contribution in [-0.2, 0) is 17.9 Å². The summed E-state index contributed by atoms with van der Waals surface area (Å²) in [5.41, 5.74) is 2.85. The van der Waals surface area contributed by atoms with Gasteiger partial charge in [0, 0.05) is 17.8 Å². The molecule has 0 saturated carbocycles. The topological polar surface area (TPSA) is 69.0 Å². The van der Waals surface area contributed by atoms with E-state index >= 15 is 0 Å². The van der Waals surface area contributed by atoms with Gasteiger partial charge in [-0.05, 0) is 36.1 Å². The van der Waals surface area contributed by atoms with Crippen LogP contribution in [0.5, 0.6) is 5.75 Å². The van der Waals surface area contributed by atoms with Crippen LogP contribution in [0.1, 0.15) is 26.1 Å². The maximum Gasteiger partial charge on any atom is 0.234 e. The number of anilines is 1. The predicted molar refractivity (Wildman–Crippen MR) is 141 cm³/mol. The molecule has 6 nitrogen and oxygen atoms in total. The molecule has 0 radical (unpaired) electrons. The van der Waals surface area contributed by atoms with Gasteiger partial charge in [-0.2, -0.15) is 0 Å². The number of amides is 1. The first-order valence-electron chi connectivity index (χ1n) is 11.8. The average molecular weight is 487 g/mol. The largest absolute Gasteiger partial charge is 0.486 e. The summed E-state index contributed by atoms with van der Waals surface area (Å²) >= 11 is 1.39. The molecule has 7 heteroatoms. The highest BCUT2D eigenvalue weighted by Crippen LogP contribution is 2.28. The van der Waals surface area contributed by atoms with Gasteiger partial charge in [-0.25, -0.2) is 0 Å². The molecule has 1 amide bonds. The fourth-order valence-electron chi connectivity index (χ4n) is 3.59. The molecule has 0 aliphatic carbocycles. The van der Waals surface area contributed by atoms with Gasteiger partial charge in [-0.15, -0.1) is 10.2 Å². The molecule has 4 rings (SSSR count). The molecule has 0 fully saturated rings. The molecule has 1 heterocycles. The minimum absolute atomic E-state index is 0.0844. The van der Waals surface area contributed by atoms with E-state index in [1.807, 2.05) is 84.9 Å². The van der Waals surface area contributed by atoms with Crippen LogP contribution in [0.4, 0.5) is 5.69 Å². The second kappa shape index (κ2) is 12.2. The van der Waals surface area contributed by atoms with E-state index in [1.54, 1.807) is 0 Å². The number of aromatic nitrogens is 3. The number of hydrogen-bond acceptors (Lipinski definition) is 5. The van der Waals surface area contributed by atoms with E-state index in [1.165, 1.54) is 11.8 Å². The highest BCUT2D eigenvalue weighted by atomic mass is 32.2. The molecule has 0 aliphatic heterocycles. The zero-order chi connectivity index (χ0) is 24.5. The van der Waals surface area contributed by atoms with Crippen LogP contribution in [0.3, 0.4) is 0 Å². The standard InChI is InChI=1S/C28H30N4O2S/c1-21(2)17-18-32-26(19-34-23-13-7-4-8-14-23)30-31-28(32)35-20-27(33)29-25-16-10-9-15-24(25)22-11-5-3-6-12-22/h3-16,21H,17-20H2,1-2H3,(H,29,33). The van der Waals surface area contributed by atoms with Gasteiger partial charge in [0.25, 0.3) is 0 Å². The minimum atomic E-state index is -0.0844. The van der Waals surface area contributed by atoms with E-state index in [0.29, 0.717) is 12.5 Å². The molecule has 0 aliphatic rings. The summed E-state index contributed by atoms with van der Waals surface area (Å²) in [6.07, 6.45) is 0.987. The monoisotopic (exact) mass is 486 g/mol. The van der Waals surface area contributed by atoms with Gasteiger partial charge in [-0.3, -0.25) is 4.79 Å². The zero-order valence-electron chi connectivity index (χ0n) is 20.1. The molecule has 0 atom stereocenters. The molecule has 180 valence electrons. The SMILES string of the molecule is CC(C)CCn1c(COc2ccccc2)nnc1SCC(=O)Nc1ccccc1-c1ccccc1. The van der Waals surface area contributed by atoms with E-state index < -0.39 is 0 Å². The number of carbonyl (C=O) groups is 1. The van der Waals surface area contributed by atoms with Gasteiger partial charge in [0.15, 0.2) is 11.0 Å². The van der Waals surface area contributed by atoms with Crippen LogP contribution >= 0.6 is 11.8 Å². The van der Waals surface area contributed by atoms with Crippen LogP contribution < -0.4 is 10.1 Å². The molecule has 1 N–H and O–H groups in total. The summed E-state index contributed by atoms with van der Waals surface area (Å²) < 4.78 is 7.97. The quantitative estimate of drug-likeness (QED) is 0.252. The van der Waals surface area contributed by atoms with Gasteiger partial charge in [0.2, 0.25) is 5.91 Å². The van der Waals surface area contributed by atoms with E-state index in [0.717, 1.165) is 46.5 Å². The molecular weight excluding hydrogens is 456 g/mol. The Hall–Kier alpha value is -3.58. The third-order valence-electron chi connectivity index (χ3n) is 5.45. The van der Waals surface area contributed by atoms with Crippen LogP contribution in [0.15, 0.2) is 90.1 Å². The summed E-state index contributed by atoms with van der Waals surface area (Å²) in [7, 11) is 0. The van der Waals surface area contributed by atoms with Gasteiger partial charge in [0.05, 0.1) is 5.75 Å².